The lowest BCUT2D eigenvalue weighted by atomic mass is 10.1. The average Bonchev–Trinajstić information content (AvgIpc) is 2.28. The minimum Gasteiger partial charge on any atom is -0.369 e. The van der Waals surface area contributed by atoms with Crippen molar-refractivity contribution in [1.82, 2.24) is 9.97 Å². The van der Waals surface area contributed by atoms with Gasteiger partial charge in [0.15, 0.2) is 6.29 Å². The van der Waals surface area contributed by atoms with E-state index < -0.39 is 0 Å². The topological polar surface area (TPSA) is 54.9 Å². The van der Waals surface area contributed by atoms with E-state index in [0.717, 1.165) is 18.9 Å². The normalized spacial score (nSPS) is 10.6. The Balaban J connectivity index is 2.41. The lowest BCUT2D eigenvalue weighted by Gasteiger charge is -2.08. The van der Waals surface area contributed by atoms with E-state index in [1.807, 2.05) is 0 Å². The number of hydrogen-bond acceptors (Lipinski definition) is 4. The van der Waals surface area contributed by atoms with Gasteiger partial charge in [-0.05, 0) is 12.3 Å². The molecular weight excluding hydrogens is 238 g/mol. The smallest absolute Gasteiger partial charge is 0.156 e. The van der Waals surface area contributed by atoms with E-state index in [0.29, 0.717) is 17.7 Å². The van der Waals surface area contributed by atoms with Crippen LogP contribution < -0.4 is 5.32 Å². The molecule has 0 saturated heterocycles. The molecular formula is C12H18ClN3O. The summed E-state index contributed by atoms with van der Waals surface area (Å²) >= 11 is 5.79. The van der Waals surface area contributed by atoms with Gasteiger partial charge in [-0.2, -0.15) is 0 Å². The predicted molar refractivity (Wildman–Crippen MR) is 69.6 cm³/mol. The molecule has 0 unspecified atom stereocenters. The molecule has 1 aromatic heterocycles. The number of nitrogens with zero attached hydrogens (tertiary/aromatic N) is 2. The number of carbonyl (C=O) groups excluding carboxylic acids is 1. The Bertz CT molecular complexity index is 369. The Labute approximate surface area is 107 Å². The van der Waals surface area contributed by atoms with Gasteiger partial charge in [0.1, 0.15) is 17.3 Å². The minimum absolute atomic E-state index is 0.194. The fourth-order valence-electron chi connectivity index (χ4n) is 1.50. The zero-order valence-corrected chi connectivity index (χ0v) is 11.0. The van der Waals surface area contributed by atoms with Crippen LogP contribution in [0.2, 0.25) is 5.15 Å². The maximum Gasteiger partial charge on any atom is 0.156 e. The van der Waals surface area contributed by atoms with Gasteiger partial charge < -0.3 is 5.32 Å². The minimum atomic E-state index is 0.194. The molecule has 0 bridgehead atoms. The number of aromatic nitrogens is 2. The van der Waals surface area contributed by atoms with Crippen LogP contribution >= 0.6 is 11.6 Å². The summed E-state index contributed by atoms with van der Waals surface area (Å²) in [5, 5.41) is 3.31. The highest BCUT2D eigenvalue weighted by Crippen LogP contribution is 2.17. The summed E-state index contributed by atoms with van der Waals surface area (Å²) in [6, 6.07) is 0. The van der Waals surface area contributed by atoms with Crippen LogP contribution in [0.25, 0.3) is 0 Å². The molecule has 5 heteroatoms. The first-order valence-corrected chi connectivity index (χ1v) is 6.22. The van der Waals surface area contributed by atoms with Crippen molar-refractivity contribution in [3.63, 3.8) is 0 Å². The van der Waals surface area contributed by atoms with Crippen LogP contribution in [0.5, 0.6) is 0 Å². The molecule has 0 amide bonds. The molecule has 17 heavy (non-hydrogen) atoms. The molecule has 1 aromatic rings. The second-order valence-corrected chi connectivity index (χ2v) is 4.72. The van der Waals surface area contributed by atoms with Gasteiger partial charge in [-0.15, -0.1) is 0 Å². The molecule has 0 spiro atoms. The van der Waals surface area contributed by atoms with Crippen LogP contribution in [0.15, 0.2) is 6.33 Å². The Hall–Kier alpha value is -1.16. The highest BCUT2D eigenvalue weighted by molar-refractivity contribution is 6.32. The molecule has 0 aliphatic heterocycles. The predicted octanol–water partition coefficient (Wildman–Crippen LogP) is 3.18. The molecule has 0 saturated carbocycles. The number of carbonyl (C=O) groups is 1. The van der Waals surface area contributed by atoms with E-state index >= 15 is 0 Å². The number of halogens is 1. The van der Waals surface area contributed by atoms with E-state index in [2.05, 4.69) is 29.1 Å². The zero-order valence-electron chi connectivity index (χ0n) is 10.2. The van der Waals surface area contributed by atoms with Gasteiger partial charge in [-0.1, -0.05) is 38.3 Å². The molecule has 0 aliphatic carbocycles. The second-order valence-electron chi connectivity index (χ2n) is 4.36. The van der Waals surface area contributed by atoms with Crippen molar-refractivity contribution >= 4 is 23.7 Å². The first-order valence-electron chi connectivity index (χ1n) is 5.84. The van der Waals surface area contributed by atoms with Crippen LogP contribution in [0.3, 0.4) is 0 Å². The van der Waals surface area contributed by atoms with Crippen molar-refractivity contribution in [2.45, 2.75) is 33.1 Å². The average molecular weight is 256 g/mol. The number of unbranched alkanes of at least 4 members (excludes halogenated alkanes) is 1. The summed E-state index contributed by atoms with van der Waals surface area (Å²) in [6.45, 7) is 5.21. The van der Waals surface area contributed by atoms with Crippen molar-refractivity contribution in [2.75, 3.05) is 11.9 Å². The van der Waals surface area contributed by atoms with Gasteiger partial charge in [0.25, 0.3) is 0 Å². The quantitative estimate of drug-likeness (QED) is 0.462. The summed E-state index contributed by atoms with van der Waals surface area (Å²) in [6.07, 6.45) is 5.47. The fraction of sp³-hybridized carbons (Fsp3) is 0.583. The number of anilines is 1. The van der Waals surface area contributed by atoms with Gasteiger partial charge in [0.05, 0.1) is 5.56 Å². The molecule has 1 rings (SSSR count). The van der Waals surface area contributed by atoms with Gasteiger partial charge >= 0.3 is 0 Å². The van der Waals surface area contributed by atoms with E-state index in [9.17, 15) is 4.79 Å². The Kier molecular flexibility index (Phi) is 5.91. The SMILES string of the molecule is CC(C)CCCCNc1ncnc(Cl)c1C=O. The highest BCUT2D eigenvalue weighted by atomic mass is 35.5. The standard InChI is InChI=1S/C12H18ClN3O/c1-9(2)5-3-4-6-14-12-10(7-17)11(13)15-8-16-12/h7-9H,3-6H2,1-2H3,(H,14,15,16). The third-order valence-corrected chi connectivity index (χ3v) is 2.76. The van der Waals surface area contributed by atoms with Gasteiger partial charge in [-0.25, -0.2) is 9.97 Å². The molecule has 0 fully saturated rings. The van der Waals surface area contributed by atoms with Crippen LogP contribution in [0.4, 0.5) is 5.82 Å². The van der Waals surface area contributed by atoms with Crippen LogP contribution in [0.1, 0.15) is 43.5 Å². The number of nitrogens with one attached hydrogen (secondary N) is 1. The summed E-state index contributed by atoms with van der Waals surface area (Å²) in [5.74, 6) is 1.25. The maximum absolute atomic E-state index is 10.8. The van der Waals surface area contributed by atoms with Crippen LogP contribution in [-0.2, 0) is 0 Å². The van der Waals surface area contributed by atoms with E-state index in [1.165, 1.54) is 19.2 Å². The first kappa shape index (κ1) is 13.9. The number of aldehydes is 1. The molecule has 94 valence electrons. The molecule has 0 aromatic carbocycles. The van der Waals surface area contributed by atoms with Gasteiger partial charge in [0, 0.05) is 6.54 Å². The lowest BCUT2D eigenvalue weighted by Crippen LogP contribution is -2.07. The molecule has 0 radical (unpaired) electrons. The molecule has 0 atom stereocenters. The van der Waals surface area contributed by atoms with Crippen molar-refractivity contribution in [1.29, 1.82) is 0 Å². The third-order valence-electron chi connectivity index (χ3n) is 2.45. The zero-order chi connectivity index (χ0) is 12.7. The molecule has 1 N–H and O–H groups in total. The lowest BCUT2D eigenvalue weighted by molar-refractivity contribution is 0.112. The summed E-state index contributed by atoms with van der Waals surface area (Å²) in [4.78, 5) is 18.6. The van der Waals surface area contributed by atoms with Crippen molar-refractivity contribution in [2.24, 2.45) is 5.92 Å². The molecule has 4 nitrogen and oxygen atoms in total. The monoisotopic (exact) mass is 255 g/mol. The van der Waals surface area contributed by atoms with Crippen molar-refractivity contribution in [3.8, 4) is 0 Å². The maximum atomic E-state index is 10.8. The Morgan fingerprint density at radius 1 is 1.41 bits per heavy atom. The van der Waals surface area contributed by atoms with Crippen LogP contribution in [-0.4, -0.2) is 22.8 Å². The van der Waals surface area contributed by atoms with E-state index in [4.69, 9.17) is 11.6 Å². The first-order chi connectivity index (χ1) is 8.15. The van der Waals surface area contributed by atoms with Gasteiger partial charge in [-0.3, -0.25) is 4.79 Å². The van der Waals surface area contributed by atoms with Crippen LogP contribution in [0, 0.1) is 5.92 Å². The second kappa shape index (κ2) is 7.22. The van der Waals surface area contributed by atoms with E-state index in [-0.39, 0.29) is 5.15 Å². The third kappa shape index (κ3) is 4.69. The largest absolute Gasteiger partial charge is 0.369 e. The summed E-state index contributed by atoms with van der Waals surface area (Å²) in [5.41, 5.74) is 0.332. The number of rotatable bonds is 7. The summed E-state index contributed by atoms with van der Waals surface area (Å²) < 4.78 is 0. The van der Waals surface area contributed by atoms with E-state index in [1.54, 1.807) is 0 Å². The summed E-state index contributed by atoms with van der Waals surface area (Å²) in [7, 11) is 0. The molecule has 0 aliphatic rings. The highest BCUT2D eigenvalue weighted by Gasteiger charge is 2.07. The van der Waals surface area contributed by atoms with Gasteiger partial charge in [0.2, 0.25) is 0 Å². The molecule has 1 heterocycles. The number of hydrogen-bond donors (Lipinski definition) is 1. The van der Waals surface area contributed by atoms with Crippen molar-refractivity contribution < 1.29 is 4.79 Å². The Morgan fingerprint density at radius 2 is 2.18 bits per heavy atom. The fourth-order valence-corrected chi connectivity index (χ4v) is 1.68. The Morgan fingerprint density at radius 3 is 2.82 bits per heavy atom. The van der Waals surface area contributed by atoms with Crippen molar-refractivity contribution in [3.05, 3.63) is 17.0 Å².